The number of carbonyl (C=O) groups excluding carboxylic acids is 1. The lowest BCUT2D eigenvalue weighted by Crippen LogP contribution is -2.30. The number of aromatic nitrogens is 2. The predicted octanol–water partition coefficient (Wildman–Crippen LogP) is 5.98. The number of fused-ring (bicyclic) bond motifs is 1. The summed E-state index contributed by atoms with van der Waals surface area (Å²) in [5.41, 5.74) is 1.51. The molecule has 0 spiro atoms. The number of sulfone groups is 1. The number of nitrogens with zero attached hydrogens (tertiary/aromatic N) is 2. The molecule has 218 valence electrons. The van der Waals surface area contributed by atoms with Gasteiger partial charge in [0.05, 0.1) is 34.6 Å². The molecule has 0 saturated heterocycles. The summed E-state index contributed by atoms with van der Waals surface area (Å²) in [6, 6.07) is 11.9. The van der Waals surface area contributed by atoms with Gasteiger partial charge < -0.3 is 14.8 Å². The van der Waals surface area contributed by atoms with Gasteiger partial charge in [0.1, 0.15) is 5.65 Å². The molecule has 2 aromatic carbocycles. The lowest BCUT2D eigenvalue weighted by Gasteiger charge is -2.18. The summed E-state index contributed by atoms with van der Waals surface area (Å²) in [5, 5.41) is 12.6. The van der Waals surface area contributed by atoms with Crippen LogP contribution in [0.1, 0.15) is 71.2 Å². The molecule has 2 atom stereocenters. The molecule has 0 radical (unpaired) electrons. The summed E-state index contributed by atoms with van der Waals surface area (Å²) in [6.07, 6.45) is -2.48. The molecule has 41 heavy (non-hydrogen) atoms. The van der Waals surface area contributed by atoms with E-state index in [2.05, 4.69) is 10.3 Å². The maximum atomic E-state index is 13.8. The number of halogens is 4. The minimum absolute atomic E-state index is 0.0160. The summed E-state index contributed by atoms with van der Waals surface area (Å²) in [5.74, 6) is -1.27. The number of imidazole rings is 1. The zero-order valence-corrected chi connectivity index (χ0v) is 24.1. The van der Waals surface area contributed by atoms with E-state index in [4.69, 9.17) is 11.6 Å². The Kier molecular flexibility index (Phi) is 8.81. The van der Waals surface area contributed by atoms with Crippen LogP contribution >= 0.6 is 11.6 Å². The Labute approximate surface area is 240 Å². The summed E-state index contributed by atoms with van der Waals surface area (Å²) in [6.45, 7) is 4.63. The molecule has 0 saturated carbocycles. The number of rotatable bonds is 9. The van der Waals surface area contributed by atoms with Gasteiger partial charge in [0.2, 0.25) is 0 Å². The number of hydrogen-bond acceptors (Lipinski definition) is 5. The summed E-state index contributed by atoms with van der Waals surface area (Å²) >= 11 is 5.86. The quantitative estimate of drug-likeness (QED) is 0.244. The van der Waals surface area contributed by atoms with E-state index >= 15 is 0 Å². The number of alkyl halides is 3. The molecule has 0 fully saturated rings. The highest BCUT2D eigenvalue weighted by molar-refractivity contribution is 7.91. The van der Waals surface area contributed by atoms with Crippen LogP contribution in [0.3, 0.4) is 0 Å². The number of aliphatic hydroxyl groups is 1. The van der Waals surface area contributed by atoms with Gasteiger partial charge in [-0.25, -0.2) is 13.4 Å². The average Bonchev–Trinajstić information content (AvgIpc) is 3.33. The van der Waals surface area contributed by atoms with Crippen LogP contribution in [-0.2, 0) is 22.4 Å². The minimum Gasteiger partial charge on any atom is -0.394 e. The fraction of sp³-hybridized carbons (Fsp3) is 0.310. The molecular weight excluding hydrogens is 579 g/mol. The van der Waals surface area contributed by atoms with Crippen molar-refractivity contribution in [2.45, 2.75) is 50.2 Å². The first-order chi connectivity index (χ1) is 19.3. The highest BCUT2D eigenvalue weighted by atomic mass is 35.5. The van der Waals surface area contributed by atoms with E-state index in [0.29, 0.717) is 29.0 Å². The number of nitrogens with one attached hydrogen (secondary N) is 1. The van der Waals surface area contributed by atoms with E-state index in [9.17, 15) is 31.5 Å². The van der Waals surface area contributed by atoms with Crippen LogP contribution in [0.4, 0.5) is 13.2 Å². The topological polar surface area (TPSA) is 101 Å². The highest BCUT2D eigenvalue weighted by Crippen LogP contribution is 2.39. The Balaban J connectivity index is 1.64. The van der Waals surface area contributed by atoms with Crippen LogP contribution in [0.2, 0.25) is 5.02 Å². The molecule has 1 unspecified atom stereocenters. The van der Waals surface area contributed by atoms with Crippen LogP contribution in [0.5, 0.6) is 0 Å². The summed E-state index contributed by atoms with van der Waals surface area (Å²) in [4.78, 5) is 17.9. The standard InChI is InChI=1S/C29H29ClF3N3O4S/c1-4-25-27(17(3)22-11-8-20(30)15-23(22)29(31,32)33)35-26-14-19(12-13-36(25)26)28(38)34-24(16-37)18-6-9-21(10-7-18)41(39,40)5-2/h6-15,17,24,37H,4-5,16H2,1-3H3,(H,34,38)/t17?,24-/m0/s1. The molecular formula is C29H29ClF3N3O4S. The second kappa shape index (κ2) is 11.8. The molecule has 2 aromatic heterocycles. The van der Waals surface area contributed by atoms with Gasteiger partial charge in [-0.05, 0) is 53.9 Å². The Bertz CT molecular complexity index is 1690. The number of hydrogen-bond donors (Lipinski definition) is 2. The lowest BCUT2D eigenvalue weighted by molar-refractivity contribution is -0.138. The van der Waals surface area contributed by atoms with E-state index in [1.165, 1.54) is 42.5 Å². The minimum atomic E-state index is -4.60. The highest BCUT2D eigenvalue weighted by Gasteiger charge is 2.36. The van der Waals surface area contributed by atoms with Crippen molar-refractivity contribution in [3.05, 3.63) is 99.5 Å². The van der Waals surface area contributed by atoms with Crippen LogP contribution in [0.25, 0.3) is 5.65 Å². The normalized spacial score (nSPS) is 13.8. The molecule has 0 aliphatic rings. The fourth-order valence-electron chi connectivity index (χ4n) is 4.80. The van der Waals surface area contributed by atoms with E-state index in [1.807, 2.05) is 6.92 Å². The number of amides is 1. The van der Waals surface area contributed by atoms with Gasteiger partial charge in [-0.15, -0.1) is 0 Å². The lowest BCUT2D eigenvalue weighted by atomic mass is 9.91. The molecule has 2 heterocycles. The van der Waals surface area contributed by atoms with Crippen molar-refractivity contribution < 1.29 is 31.5 Å². The number of carbonyl (C=O) groups is 1. The first-order valence-corrected chi connectivity index (χ1v) is 15.0. The monoisotopic (exact) mass is 607 g/mol. The molecule has 0 aliphatic carbocycles. The second-order valence-corrected chi connectivity index (χ2v) is 12.3. The number of aliphatic hydroxyl groups excluding tert-OH is 1. The zero-order valence-electron chi connectivity index (χ0n) is 22.5. The fourth-order valence-corrected chi connectivity index (χ4v) is 5.86. The third kappa shape index (κ3) is 6.27. The van der Waals surface area contributed by atoms with Gasteiger partial charge in [0, 0.05) is 28.4 Å². The van der Waals surface area contributed by atoms with Crippen LogP contribution in [-0.4, -0.2) is 41.2 Å². The average molecular weight is 608 g/mol. The molecule has 4 aromatic rings. The van der Waals surface area contributed by atoms with Crippen molar-refractivity contribution in [3.63, 3.8) is 0 Å². The van der Waals surface area contributed by atoms with Crippen molar-refractivity contribution in [2.75, 3.05) is 12.4 Å². The van der Waals surface area contributed by atoms with E-state index in [1.54, 1.807) is 30.5 Å². The van der Waals surface area contributed by atoms with E-state index in [0.717, 1.165) is 6.07 Å². The SMILES string of the molecule is CCc1c(C(C)c2ccc(Cl)cc2C(F)(F)F)nc2cc(C(=O)N[C@@H](CO)c3ccc(S(=O)(=O)CC)cc3)ccn12. The maximum absolute atomic E-state index is 13.8. The third-order valence-electron chi connectivity index (χ3n) is 7.06. The van der Waals surface area contributed by atoms with Gasteiger partial charge >= 0.3 is 6.18 Å². The molecule has 12 heteroatoms. The predicted molar refractivity (Wildman–Crippen MR) is 150 cm³/mol. The Morgan fingerprint density at radius 1 is 1.10 bits per heavy atom. The van der Waals surface area contributed by atoms with Gasteiger partial charge in [-0.2, -0.15) is 13.2 Å². The van der Waals surface area contributed by atoms with Gasteiger partial charge in [0.15, 0.2) is 9.84 Å². The molecule has 0 bridgehead atoms. The Morgan fingerprint density at radius 2 is 1.78 bits per heavy atom. The smallest absolute Gasteiger partial charge is 0.394 e. The van der Waals surface area contributed by atoms with Crippen molar-refractivity contribution in [1.82, 2.24) is 14.7 Å². The van der Waals surface area contributed by atoms with Crippen LogP contribution in [0.15, 0.2) is 65.7 Å². The second-order valence-electron chi connectivity index (χ2n) is 9.57. The first kappa shape index (κ1) is 30.5. The van der Waals surface area contributed by atoms with Crippen molar-refractivity contribution in [3.8, 4) is 0 Å². The number of pyridine rings is 1. The van der Waals surface area contributed by atoms with Crippen LogP contribution in [0, 0.1) is 0 Å². The summed E-state index contributed by atoms with van der Waals surface area (Å²) < 4.78 is 67.3. The van der Waals surface area contributed by atoms with Gasteiger partial charge in [-0.1, -0.05) is 50.6 Å². The maximum Gasteiger partial charge on any atom is 0.416 e. The Morgan fingerprint density at radius 3 is 2.37 bits per heavy atom. The third-order valence-corrected chi connectivity index (χ3v) is 9.05. The van der Waals surface area contributed by atoms with Crippen molar-refractivity contribution >= 4 is 33.0 Å². The Hall–Kier alpha value is -3.41. The zero-order chi connectivity index (χ0) is 30.1. The van der Waals surface area contributed by atoms with Gasteiger partial charge in [0.25, 0.3) is 5.91 Å². The summed E-state index contributed by atoms with van der Waals surface area (Å²) in [7, 11) is -3.39. The molecule has 2 N–H and O–H groups in total. The largest absolute Gasteiger partial charge is 0.416 e. The van der Waals surface area contributed by atoms with E-state index < -0.39 is 46.1 Å². The van der Waals surface area contributed by atoms with Gasteiger partial charge in [-0.3, -0.25) is 4.79 Å². The van der Waals surface area contributed by atoms with E-state index in [-0.39, 0.29) is 26.8 Å². The molecule has 0 aliphatic heterocycles. The first-order valence-electron chi connectivity index (χ1n) is 12.9. The number of benzene rings is 2. The van der Waals surface area contributed by atoms with Crippen LogP contribution < -0.4 is 5.32 Å². The molecule has 1 amide bonds. The number of aryl methyl sites for hydroxylation is 1. The molecule has 7 nitrogen and oxygen atoms in total. The van der Waals surface area contributed by atoms with Crippen molar-refractivity contribution in [1.29, 1.82) is 0 Å². The van der Waals surface area contributed by atoms with Crippen molar-refractivity contribution in [2.24, 2.45) is 0 Å². The molecule has 4 rings (SSSR count).